The van der Waals surface area contributed by atoms with E-state index in [1.807, 2.05) is 6.92 Å². The lowest BCUT2D eigenvalue weighted by atomic mass is 9.67. The number of esters is 1. The number of ether oxygens (including phenoxy) is 1. The van der Waals surface area contributed by atoms with Crippen molar-refractivity contribution in [3.05, 3.63) is 10.4 Å². The minimum absolute atomic E-state index is 0.118. The van der Waals surface area contributed by atoms with E-state index in [9.17, 15) is 4.79 Å². The van der Waals surface area contributed by atoms with E-state index in [2.05, 4.69) is 29.2 Å². The normalized spacial score (nSPS) is 25.4. The van der Waals surface area contributed by atoms with E-state index in [0.29, 0.717) is 31.5 Å². The number of nitrogens with zero attached hydrogens (tertiary/aromatic N) is 3. The number of carbonyl (C=O) groups is 1. The van der Waals surface area contributed by atoms with E-state index >= 15 is 0 Å². The lowest BCUT2D eigenvalue weighted by Crippen LogP contribution is -2.61. The Labute approximate surface area is 127 Å². The predicted molar refractivity (Wildman–Crippen MR) is 82.8 cm³/mol. The van der Waals surface area contributed by atoms with E-state index in [1.54, 1.807) is 0 Å². The molecule has 0 aromatic carbocycles. The van der Waals surface area contributed by atoms with Crippen LogP contribution in [0.5, 0.6) is 0 Å². The zero-order valence-electron chi connectivity index (χ0n) is 13.5. The summed E-state index contributed by atoms with van der Waals surface area (Å²) in [6.45, 7) is 7.72. The Kier molecular flexibility index (Phi) is 7.54. The first-order chi connectivity index (χ1) is 10.1. The molecule has 6 nitrogen and oxygen atoms in total. The fourth-order valence-electron chi connectivity index (χ4n) is 3.41. The average Bonchev–Trinajstić information content (AvgIpc) is 2.47. The fourth-order valence-corrected chi connectivity index (χ4v) is 3.41. The summed E-state index contributed by atoms with van der Waals surface area (Å²) in [6.07, 6.45) is 4.84. The molecule has 0 aliphatic heterocycles. The maximum absolute atomic E-state index is 12.6. The molecule has 1 saturated carbocycles. The zero-order chi connectivity index (χ0) is 15.7. The highest BCUT2D eigenvalue weighted by Crippen LogP contribution is 2.39. The van der Waals surface area contributed by atoms with Crippen molar-refractivity contribution in [2.24, 2.45) is 17.0 Å². The van der Waals surface area contributed by atoms with Crippen molar-refractivity contribution in [3.63, 3.8) is 0 Å². The molecule has 0 heterocycles. The summed E-state index contributed by atoms with van der Waals surface area (Å²) in [6, 6.07) is 0. The van der Waals surface area contributed by atoms with Crippen LogP contribution in [0, 0.1) is 11.8 Å². The highest BCUT2D eigenvalue weighted by Gasteiger charge is 2.48. The minimum atomic E-state index is -0.571. The largest absolute Gasteiger partial charge is 0.465 e. The van der Waals surface area contributed by atoms with Crippen molar-refractivity contribution in [1.29, 1.82) is 0 Å². The first-order valence-electron chi connectivity index (χ1n) is 8.01. The van der Waals surface area contributed by atoms with Crippen molar-refractivity contribution in [3.8, 4) is 0 Å². The second-order valence-electron chi connectivity index (χ2n) is 6.02. The molecule has 0 spiro atoms. The predicted octanol–water partition coefficient (Wildman–Crippen LogP) is 3.42. The monoisotopic (exact) mass is 296 g/mol. The molecular formula is C15H28N4O2. The molecule has 2 unspecified atom stereocenters. The summed E-state index contributed by atoms with van der Waals surface area (Å²) < 4.78 is 5.36. The summed E-state index contributed by atoms with van der Waals surface area (Å²) in [5, 5.41) is 6.99. The van der Waals surface area contributed by atoms with E-state index in [4.69, 9.17) is 10.3 Å². The molecule has 1 fully saturated rings. The summed E-state index contributed by atoms with van der Waals surface area (Å²) in [7, 11) is 0. The molecule has 0 aromatic heterocycles. The molecule has 0 amide bonds. The van der Waals surface area contributed by atoms with Crippen LogP contribution in [0.4, 0.5) is 0 Å². The van der Waals surface area contributed by atoms with Gasteiger partial charge in [0.05, 0.1) is 6.61 Å². The van der Waals surface area contributed by atoms with E-state index in [0.717, 1.165) is 25.7 Å². The van der Waals surface area contributed by atoms with Crippen LogP contribution < -0.4 is 5.32 Å². The molecule has 1 N–H and O–H groups in total. The first-order valence-corrected chi connectivity index (χ1v) is 8.01. The molecule has 120 valence electrons. The molecule has 1 rings (SSSR count). The Morgan fingerprint density at radius 2 is 2.29 bits per heavy atom. The molecule has 0 bridgehead atoms. The Bertz CT molecular complexity index is 380. The van der Waals surface area contributed by atoms with Gasteiger partial charge in [0.2, 0.25) is 0 Å². The number of hydrogen-bond acceptors (Lipinski definition) is 4. The standard InChI is InChI=1S/C15H28N4O2/c1-4-21-14(20)15(17-10-7-11-18-19-16)9-6-5-8-13(15)12(2)3/h12-13,17H,4-11H2,1-3H3. The topological polar surface area (TPSA) is 87.1 Å². The maximum atomic E-state index is 12.6. The van der Waals surface area contributed by atoms with Crippen molar-refractivity contribution in [2.45, 2.75) is 58.4 Å². The van der Waals surface area contributed by atoms with Gasteiger partial charge in [-0.1, -0.05) is 31.8 Å². The van der Waals surface area contributed by atoms with Crippen molar-refractivity contribution >= 4 is 5.97 Å². The average molecular weight is 296 g/mol. The first kappa shape index (κ1) is 17.8. The highest BCUT2D eigenvalue weighted by atomic mass is 16.5. The van der Waals surface area contributed by atoms with E-state index in [1.165, 1.54) is 6.42 Å². The van der Waals surface area contributed by atoms with Gasteiger partial charge in [-0.25, -0.2) is 0 Å². The highest BCUT2D eigenvalue weighted by molar-refractivity contribution is 5.81. The molecule has 1 aliphatic rings. The van der Waals surface area contributed by atoms with Crippen LogP contribution in [0.1, 0.15) is 52.9 Å². The third kappa shape index (κ3) is 4.61. The zero-order valence-corrected chi connectivity index (χ0v) is 13.5. The maximum Gasteiger partial charge on any atom is 0.326 e. The molecular weight excluding hydrogens is 268 g/mol. The van der Waals surface area contributed by atoms with Gasteiger partial charge in [0.25, 0.3) is 0 Å². The summed E-state index contributed by atoms with van der Waals surface area (Å²) >= 11 is 0. The quantitative estimate of drug-likeness (QED) is 0.245. The fraction of sp³-hybridized carbons (Fsp3) is 0.933. The van der Waals surface area contributed by atoms with Crippen LogP contribution in [0.25, 0.3) is 10.4 Å². The van der Waals surface area contributed by atoms with Gasteiger partial charge < -0.3 is 10.1 Å². The number of azide groups is 1. The summed E-state index contributed by atoms with van der Waals surface area (Å²) in [4.78, 5) is 15.3. The van der Waals surface area contributed by atoms with Crippen LogP contribution in [-0.4, -0.2) is 31.2 Å². The Morgan fingerprint density at radius 3 is 2.90 bits per heavy atom. The number of nitrogens with one attached hydrogen (secondary N) is 1. The lowest BCUT2D eigenvalue weighted by Gasteiger charge is -2.44. The molecule has 0 aromatic rings. The van der Waals surface area contributed by atoms with Gasteiger partial charge in [0, 0.05) is 11.5 Å². The molecule has 21 heavy (non-hydrogen) atoms. The smallest absolute Gasteiger partial charge is 0.326 e. The van der Waals surface area contributed by atoms with E-state index < -0.39 is 5.54 Å². The van der Waals surface area contributed by atoms with Gasteiger partial charge in [-0.15, -0.1) is 0 Å². The Balaban J connectivity index is 2.81. The third-order valence-corrected chi connectivity index (χ3v) is 4.35. The van der Waals surface area contributed by atoms with Crippen molar-refractivity contribution in [1.82, 2.24) is 5.32 Å². The van der Waals surface area contributed by atoms with Crippen molar-refractivity contribution in [2.75, 3.05) is 19.7 Å². The van der Waals surface area contributed by atoms with Gasteiger partial charge >= 0.3 is 5.97 Å². The molecule has 2 atom stereocenters. The van der Waals surface area contributed by atoms with Crippen molar-refractivity contribution < 1.29 is 9.53 Å². The van der Waals surface area contributed by atoms with Crippen LogP contribution >= 0.6 is 0 Å². The number of carbonyl (C=O) groups excluding carboxylic acids is 1. The second-order valence-corrected chi connectivity index (χ2v) is 6.02. The Hall–Kier alpha value is -1.26. The summed E-state index contributed by atoms with van der Waals surface area (Å²) in [5.74, 6) is 0.608. The lowest BCUT2D eigenvalue weighted by molar-refractivity contribution is -0.157. The van der Waals surface area contributed by atoms with Gasteiger partial charge in [-0.3, -0.25) is 4.79 Å². The SMILES string of the molecule is CCOC(=O)C1(NCCCN=[N+]=[N-])CCCCC1C(C)C. The third-order valence-electron chi connectivity index (χ3n) is 4.35. The Morgan fingerprint density at radius 1 is 1.52 bits per heavy atom. The van der Waals surface area contributed by atoms with Gasteiger partial charge in [-0.2, -0.15) is 0 Å². The minimum Gasteiger partial charge on any atom is -0.465 e. The molecule has 0 radical (unpaired) electrons. The van der Waals surface area contributed by atoms with Crippen LogP contribution in [0.15, 0.2) is 5.11 Å². The molecule has 6 heteroatoms. The number of hydrogen-bond donors (Lipinski definition) is 1. The number of rotatable bonds is 8. The van der Waals surface area contributed by atoms with Crippen LogP contribution in [-0.2, 0) is 9.53 Å². The molecule has 1 aliphatic carbocycles. The van der Waals surface area contributed by atoms with Gasteiger partial charge in [0.15, 0.2) is 0 Å². The van der Waals surface area contributed by atoms with E-state index in [-0.39, 0.29) is 5.97 Å². The van der Waals surface area contributed by atoms with Gasteiger partial charge in [-0.05, 0) is 50.1 Å². The van der Waals surface area contributed by atoms with Crippen LogP contribution in [0.3, 0.4) is 0 Å². The van der Waals surface area contributed by atoms with Crippen LogP contribution in [0.2, 0.25) is 0 Å². The summed E-state index contributed by atoms with van der Waals surface area (Å²) in [5.41, 5.74) is 7.73. The second kappa shape index (κ2) is 8.90. The van der Waals surface area contributed by atoms with Gasteiger partial charge in [0.1, 0.15) is 5.54 Å². The molecule has 0 saturated heterocycles.